The van der Waals surface area contributed by atoms with Crippen LogP contribution in [0.15, 0.2) is 0 Å². The van der Waals surface area contributed by atoms with Crippen LogP contribution in [0.5, 0.6) is 0 Å². The van der Waals surface area contributed by atoms with E-state index in [1.165, 1.54) is 19.3 Å². The summed E-state index contributed by atoms with van der Waals surface area (Å²) in [7, 11) is 0. The monoisotopic (exact) mass is 199 g/mol. The lowest BCUT2D eigenvalue weighted by molar-refractivity contribution is 0.170. The summed E-state index contributed by atoms with van der Waals surface area (Å²) in [6.45, 7) is 15.0. The van der Waals surface area contributed by atoms with Crippen molar-refractivity contribution in [2.45, 2.75) is 66.8 Å². The zero-order valence-corrected chi connectivity index (χ0v) is 11.0. The number of nitrogens with one attached hydrogen (secondary N) is 1. The first-order valence-corrected chi connectivity index (χ1v) is 6.19. The van der Waals surface area contributed by atoms with Crippen molar-refractivity contribution >= 4 is 0 Å². The van der Waals surface area contributed by atoms with Crippen molar-refractivity contribution in [3.63, 3.8) is 0 Å². The Morgan fingerprint density at radius 2 is 1.71 bits per heavy atom. The molecule has 0 rings (SSSR count). The fourth-order valence-corrected chi connectivity index (χ4v) is 1.87. The van der Waals surface area contributed by atoms with Crippen LogP contribution in [0.1, 0.15) is 60.8 Å². The second-order valence-electron chi connectivity index (χ2n) is 5.23. The molecule has 0 aliphatic carbocycles. The van der Waals surface area contributed by atoms with E-state index in [1.54, 1.807) is 0 Å². The van der Waals surface area contributed by atoms with Gasteiger partial charge in [-0.1, -0.05) is 54.4 Å². The van der Waals surface area contributed by atoms with Crippen LogP contribution in [-0.2, 0) is 0 Å². The Morgan fingerprint density at radius 1 is 1.14 bits per heavy atom. The van der Waals surface area contributed by atoms with Gasteiger partial charge in [0, 0.05) is 12.6 Å². The first kappa shape index (κ1) is 14.0. The maximum Gasteiger partial charge on any atom is 0.00106 e. The molecule has 0 aromatic carbocycles. The van der Waals surface area contributed by atoms with Crippen LogP contribution < -0.4 is 5.32 Å². The molecule has 0 amide bonds. The minimum Gasteiger partial charge on any atom is -0.314 e. The molecule has 1 N–H and O–H groups in total. The molecule has 2 unspecified atom stereocenters. The fourth-order valence-electron chi connectivity index (χ4n) is 1.87. The second-order valence-corrected chi connectivity index (χ2v) is 5.23. The molecule has 2 atom stereocenters. The third kappa shape index (κ3) is 4.45. The molecule has 0 aromatic rings. The quantitative estimate of drug-likeness (QED) is 0.657. The highest BCUT2D eigenvalue weighted by atomic mass is 14.9. The van der Waals surface area contributed by atoms with Crippen molar-refractivity contribution in [2.75, 3.05) is 6.54 Å². The van der Waals surface area contributed by atoms with Crippen LogP contribution in [0.4, 0.5) is 0 Å². The minimum absolute atomic E-state index is 0.472. The van der Waals surface area contributed by atoms with E-state index in [0.29, 0.717) is 11.5 Å². The molecular weight excluding hydrogens is 170 g/mol. The van der Waals surface area contributed by atoms with Gasteiger partial charge in [0.2, 0.25) is 0 Å². The van der Waals surface area contributed by atoms with Crippen molar-refractivity contribution in [3.8, 4) is 0 Å². The molecule has 0 saturated carbocycles. The van der Waals surface area contributed by atoms with Gasteiger partial charge in [-0.3, -0.25) is 0 Å². The van der Waals surface area contributed by atoms with Crippen molar-refractivity contribution in [1.29, 1.82) is 0 Å². The van der Waals surface area contributed by atoms with E-state index < -0.39 is 0 Å². The Morgan fingerprint density at radius 3 is 2.07 bits per heavy atom. The summed E-state index contributed by atoms with van der Waals surface area (Å²) in [6.07, 6.45) is 3.93. The van der Waals surface area contributed by atoms with Crippen LogP contribution in [-0.4, -0.2) is 12.6 Å². The van der Waals surface area contributed by atoms with Gasteiger partial charge in [-0.15, -0.1) is 0 Å². The average Bonchev–Trinajstić information content (AvgIpc) is 2.14. The fraction of sp³-hybridized carbons (Fsp3) is 1.00. The highest BCUT2D eigenvalue weighted by molar-refractivity contribution is 4.81. The molecule has 0 aliphatic heterocycles. The minimum atomic E-state index is 0.472. The lowest BCUT2D eigenvalue weighted by atomic mass is 9.74. The van der Waals surface area contributed by atoms with Crippen molar-refractivity contribution in [1.82, 2.24) is 5.32 Å². The molecular formula is C13H29N. The summed E-state index contributed by atoms with van der Waals surface area (Å²) in [5, 5.41) is 3.58. The number of hydrogen-bond acceptors (Lipinski definition) is 1. The predicted octanol–water partition coefficient (Wildman–Crippen LogP) is 3.84. The Labute approximate surface area is 90.7 Å². The number of hydrogen-bond donors (Lipinski definition) is 1. The first-order valence-electron chi connectivity index (χ1n) is 6.19. The molecule has 0 spiro atoms. The summed E-state index contributed by atoms with van der Waals surface area (Å²) in [6, 6.07) is 0.606. The molecule has 86 valence electrons. The van der Waals surface area contributed by atoms with Crippen LogP contribution in [0.2, 0.25) is 0 Å². The van der Waals surface area contributed by atoms with Crippen LogP contribution in [0.3, 0.4) is 0 Å². The van der Waals surface area contributed by atoms with Gasteiger partial charge in [0.1, 0.15) is 0 Å². The average molecular weight is 199 g/mol. The third-order valence-corrected chi connectivity index (χ3v) is 3.63. The maximum atomic E-state index is 3.58. The zero-order valence-electron chi connectivity index (χ0n) is 11.0. The summed E-state index contributed by atoms with van der Waals surface area (Å²) in [4.78, 5) is 0. The molecule has 14 heavy (non-hydrogen) atoms. The summed E-state index contributed by atoms with van der Waals surface area (Å²) in [5.74, 6) is 0.823. The molecule has 0 bridgehead atoms. The normalized spacial score (nSPS) is 18.2. The largest absolute Gasteiger partial charge is 0.314 e. The highest BCUT2D eigenvalue weighted by Crippen LogP contribution is 2.33. The summed E-state index contributed by atoms with van der Waals surface area (Å²) < 4.78 is 0. The Hall–Kier alpha value is -0.0400. The van der Waals surface area contributed by atoms with E-state index in [0.717, 1.165) is 12.5 Å². The van der Waals surface area contributed by atoms with Gasteiger partial charge in [-0.2, -0.15) is 0 Å². The molecule has 1 nitrogen and oxygen atoms in total. The highest BCUT2D eigenvalue weighted by Gasteiger charge is 2.28. The van der Waals surface area contributed by atoms with Gasteiger partial charge in [0.25, 0.3) is 0 Å². The Bertz CT molecular complexity index is 142. The predicted molar refractivity (Wildman–Crippen MR) is 65.6 cm³/mol. The van der Waals surface area contributed by atoms with Gasteiger partial charge in [-0.05, 0) is 17.8 Å². The smallest absolute Gasteiger partial charge is 0.00106 e. The van der Waals surface area contributed by atoms with Gasteiger partial charge in [0.05, 0.1) is 0 Å². The van der Waals surface area contributed by atoms with Gasteiger partial charge in [0.15, 0.2) is 0 Å². The summed E-state index contributed by atoms with van der Waals surface area (Å²) in [5.41, 5.74) is 0.472. The standard InChI is InChI=1S/C13H29N/c1-7-9-12(5)13(6,8-2)10-14-11(3)4/h11-12,14H,7-10H2,1-6H3. The zero-order chi connectivity index (χ0) is 11.2. The lowest BCUT2D eigenvalue weighted by Crippen LogP contribution is -2.39. The molecule has 0 fully saturated rings. The van der Waals surface area contributed by atoms with Gasteiger partial charge in [-0.25, -0.2) is 0 Å². The Balaban J connectivity index is 4.15. The van der Waals surface area contributed by atoms with E-state index in [4.69, 9.17) is 0 Å². The third-order valence-electron chi connectivity index (χ3n) is 3.63. The van der Waals surface area contributed by atoms with E-state index in [-0.39, 0.29) is 0 Å². The lowest BCUT2D eigenvalue weighted by Gasteiger charge is -2.36. The molecule has 0 aromatic heterocycles. The SMILES string of the molecule is CCCC(C)C(C)(CC)CNC(C)C. The van der Waals surface area contributed by atoms with E-state index in [1.807, 2.05) is 0 Å². The van der Waals surface area contributed by atoms with E-state index in [2.05, 4.69) is 46.9 Å². The van der Waals surface area contributed by atoms with Crippen LogP contribution >= 0.6 is 0 Å². The number of rotatable bonds is 7. The van der Waals surface area contributed by atoms with Gasteiger partial charge >= 0.3 is 0 Å². The molecule has 1 heteroatoms. The van der Waals surface area contributed by atoms with Crippen LogP contribution in [0.25, 0.3) is 0 Å². The van der Waals surface area contributed by atoms with Crippen molar-refractivity contribution in [2.24, 2.45) is 11.3 Å². The van der Waals surface area contributed by atoms with Crippen LogP contribution in [0, 0.1) is 11.3 Å². The van der Waals surface area contributed by atoms with Crippen molar-refractivity contribution in [3.05, 3.63) is 0 Å². The summed E-state index contributed by atoms with van der Waals surface area (Å²) >= 11 is 0. The molecule has 0 saturated heterocycles. The topological polar surface area (TPSA) is 12.0 Å². The van der Waals surface area contributed by atoms with Crippen molar-refractivity contribution < 1.29 is 0 Å². The second kappa shape index (κ2) is 6.44. The van der Waals surface area contributed by atoms with Gasteiger partial charge < -0.3 is 5.32 Å². The Kier molecular flexibility index (Phi) is 6.43. The van der Waals surface area contributed by atoms with E-state index >= 15 is 0 Å². The van der Waals surface area contributed by atoms with E-state index in [9.17, 15) is 0 Å². The molecule has 0 heterocycles. The maximum absolute atomic E-state index is 3.58. The molecule has 0 radical (unpaired) electrons. The first-order chi connectivity index (χ1) is 6.46. The molecule has 0 aliphatic rings.